The van der Waals surface area contributed by atoms with Gasteiger partial charge in [-0.25, -0.2) is 0 Å². The summed E-state index contributed by atoms with van der Waals surface area (Å²) in [5, 5.41) is 2.97. The normalized spacial score (nSPS) is 22.6. The van der Waals surface area contributed by atoms with E-state index in [9.17, 15) is 9.59 Å². The number of aromatic amines is 1. The maximum absolute atomic E-state index is 12.7. The Labute approximate surface area is 147 Å². The molecule has 1 fully saturated rings. The van der Waals surface area contributed by atoms with Crippen LogP contribution in [0.1, 0.15) is 43.0 Å². The molecule has 2 N–H and O–H groups in total. The zero-order valence-electron chi connectivity index (χ0n) is 14.2. The minimum Gasteiger partial charge on any atom is -0.363 e. The van der Waals surface area contributed by atoms with Crippen LogP contribution in [-0.4, -0.2) is 28.2 Å². The highest BCUT2D eigenvalue weighted by atomic mass is 16.2. The molecule has 3 heterocycles. The summed E-state index contributed by atoms with van der Waals surface area (Å²) >= 11 is 0. The van der Waals surface area contributed by atoms with Crippen molar-refractivity contribution < 1.29 is 9.59 Å². The van der Waals surface area contributed by atoms with Gasteiger partial charge >= 0.3 is 0 Å². The molecule has 0 saturated carbocycles. The molecule has 1 aromatic carbocycles. The number of H-pyrrole nitrogens is 1. The van der Waals surface area contributed by atoms with Gasteiger partial charge < -0.3 is 15.2 Å². The summed E-state index contributed by atoms with van der Waals surface area (Å²) in [6.45, 7) is 0.808. The largest absolute Gasteiger partial charge is 0.363 e. The third kappa shape index (κ3) is 3.18. The fourth-order valence-electron chi connectivity index (χ4n) is 4.03. The van der Waals surface area contributed by atoms with Crippen molar-refractivity contribution in [1.29, 1.82) is 0 Å². The molecule has 5 nitrogen and oxygen atoms in total. The Morgan fingerprint density at radius 3 is 2.92 bits per heavy atom. The van der Waals surface area contributed by atoms with Gasteiger partial charge in [0.1, 0.15) is 0 Å². The Morgan fingerprint density at radius 2 is 2.08 bits per heavy atom. The van der Waals surface area contributed by atoms with Crippen LogP contribution in [0.5, 0.6) is 0 Å². The van der Waals surface area contributed by atoms with Crippen LogP contribution >= 0.6 is 0 Å². The summed E-state index contributed by atoms with van der Waals surface area (Å²) in [4.78, 5) is 30.2. The van der Waals surface area contributed by atoms with E-state index < -0.39 is 0 Å². The lowest BCUT2D eigenvalue weighted by molar-refractivity contribution is -0.132. The van der Waals surface area contributed by atoms with Gasteiger partial charge in [0.25, 0.3) is 0 Å². The van der Waals surface area contributed by atoms with Gasteiger partial charge in [0.2, 0.25) is 11.8 Å². The Hall–Kier alpha value is -2.56. The van der Waals surface area contributed by atoms with Crippen LogP contribution in [0, 0.1) is 5.92 Å². The van der Waals surface area contributed by atoms with E-state index in [1.54, 1.807) is 0 Å². The van der Waals surface area contributed by atoms with Gasteiger partial charge in [0, 0.05) is 36.5 Å². The van der Waals surface area contributed by atoms with Crippen LogP contribution in [0.15, 0.2) is 42.6 Å². The van der Waals surface area contributed by atoms with E-state index in [-0.39, 0.29) is 23.8 Å². The predicted molar refractivity (Wildman–Crippen MR) is 96.0 cm³/mol. The van der Waals surface area contributed by atoms with Gasteiger partial charge in [0.15, 0.2) is 0 Å². The van der Waals surface area contributed by atoms with E-state index in [4.69, 9.17) is 0 Å². The molecule has 2 aliphatic rings. The topological polar surface area (TPSA) is 65.2 Å². The molecule has 1 saturated heterocycles. The lowest BCUT2D eigenvalue weighted by Crippen LogP contribution is -2.33. The maximum atomic E-state index is 12.7. The van der Waals surface area contributed by atoms with Crippen LogP contribution in [0.2, 0.25) is 0 Å². The number of rotatable bonds is 4. The number of nitrogens with zero attached hydrogens (tertiary/aromatic N) is 1. The zero-order valence-corrected chi connectivity index (χ0v) is 14.2. The van der Waals surface area contributed by atoms with E-state index in [0.717, 1.165) is 42.8 Å². The van der Waals surface area contributed by atoms with E-state index >= 15 is 0 Å². The first-order valence-corrected chi connectivity index (χ1v) is 9.04. The lowest BCUT2D eigenvalue weighted by atomic mass is 9.89. The molecule has 0 radical (unpaired) electrons. The first kappa shape index (κ1) is 15.9. The Morgan fingerprint density at radius 1 is 1.20 bits per heavy atom. The number of benzene rings is 1. The van der Waals surface area contributed by atoms with Crippen molar-refractivity contribution >= 4 is 17.5 Å². The van der Waals surface area contributed by atoms with Crippen molar-refractivity contribution in [2.24, 2.45) is 5.92 Å². The van der Waals surface area contributed by atoms with Gasteiger partial charge in [-0.15, -0.1) is 0 Å². The molecule has 2 atom stereocenters. The third-order valence-electron chi connectivity index (χ3n) is 5.37. The number of para-hydroxylation sites is 1. The first-order chi connectivity index (χ1) is 12.2. The van der Waals surface area contributed by atoms with Crippen molar-refractivity contribution in [3.05, 3.63) is 53.9 Å². The zero-order chi connectivity index (χ0) is 17.2. The van der Waals surface area contributed by atoms with Crippen molar-refractivity contribution in [2.45, 2.75) is 38.1 Å². The van der Waals surface area contributed by atoms with Crippen LogP contribution < -0.4 is 5.32 Å². The highest BCUT2D eigenvalue weighted by Gasteiger charge is 2.32. The van der Waals surface area contributed by atoms with E-state index in [0.29, 0.717) is 12.8 Å². The highest BCUT2D eigenvalue weighted by molar-refractivity contribution is 5.96. The Kier molecular flexibility index (Phi) is 4.30. The van der Waals surface area contributed by atoms with Crippen LogP contribution in [0.4, 0.5) is 5.69 Å². The second-order valence-electron chi connectivity index (χ2n) is 6.96. The van der Waals surface area contributed by atoms with Gasteiger partial charge in [0.05, 0.1) is 6.04 Å². The van der Waals surface area contributed by atoms with Gasteiger partial charge in [-0.3, -0.25) is 9.59 Å². The van der Waals surface area contributed by atoms with Crippen molar-refractivity contribution in [1.82, 2.24) is 9.88 Å². The number of hydrogen-bond donors (Lipinski definition) is 2. The Bertz CT molecular complexity index is 769. The summed E-state index contributed by atoms with van der Waals surface area (Å²) in [5.74, 6) is 0.0722. The van der Waals surface area contributed by atoms with E-state index in [2.05, 4.69) is 10.3 Å². The van der Waals surface area contributed by atoms with Crippen molar-refractivity contribution in [2.75, 3.05) is 11.9 Å². The molecule has 0 spiro atoms. The third-order valence-corrected chi connectivity index (χ3v) is 5.37. The Balaban J connectivity index is 1.38. The van der Waals surface area contributed by atoms with Crippen LogP contribution in [0.25, 0.3) is 0 Å². The highest BCUT2D eigenvalue weighted by Crippen LogP contribution is 2.33. The summed E-state index contributed by atoms with van der Waals surface area (Å²) in [7, 11) is 0. The molecular formula is C20H23N3O2. The molecule has 0 unspecified atom stereocenters. The number of hydrogen-bond acceptors (Lipinski definition) is 2. The number of nitrogens with one attached hydrogen (secondary N) is 2. The van der Waals surface area contributed by atoms with Crippen molar-refractivity contribution in [3.8, 4) is 0 Å². The molecule has 25 heavy (non-hydrogen) atoms. The second-order valence-corrected chi connectivity index (χ2v) is 6.96. The monoisotopic (exact) mass is 337 g/mol. The van der Waals surface area contributed by atoms with Gasteiger partial charge in [-0.1, -0.05) is 18.2 Å². The number of carbonyl (C=O) groups excluding carboxylic acids is 2. The van der Waals surface area contributed by atoms with E-state index in [1.165, 1.54) is 0 Å². The number of fused-ring (bicyclic) bond motifs is 1. The molecule has 2 amide bonds. The van der Waals surface area contributed by atoms with Gasteiger partial charge in [-0.2, -0.15) is 0 Å². The molecule has 130 valence electrons. The summed E-state index contributed by atoms with van der Waals surface area (Å²) in [6.07, 6.45) is 5.69. The number of likely N-dealkylation sites (tertiary alicyclic amines) is 1. The predicted octanol–water partition coefficient (Wildman–Crippen LogP) is 3.27. The molecule has 2 aliphatic heterocycles. The second kappa shape index (κ2) is 6.75. The van der Waals surface area contributed by atoms with Crippen LogP contribution in [0.3, 0.4) is 0 Å². The molecule has 1 aromatic heterocycles. The molecule has 2 aromatic rings. The SMILES string of the molecule is O=C1Nc2ccccc2C[C@H]1CCC(=O)N1CCC[C@H]1c1ccc[nH]1. The minimum absolute atomic E-state index is 0.0360. The summed E-state index contributed by atoms with van der Waals surface area (Å²) in [5.41, 5.74) is 3.17. The van der Waals surface area contributed by atoms with Crippen LogP contribution in [-0.2, 0) is 16.0 Å². The average Bonchev–Trinajstić information content (AvgIpc) is 3.30. The lowest BCUT2D eigenvalue weighted by Gasteiger charge is -2.27. The number of anilines is 1. The quantitative estimate of drug-likeness (QED) is 0.899. The standard InChI is InChI=1S/C20H23N3O2/c24-19(23-12-4-8-18(23)17-7-3-11-21-17)10-9-15-13-14-5-1-2-6-16(14)22-20(15)25/h1-3,5-7,11,15,18,21H,4,8-10,12-13H2,(H,22,25)/t15-,18+/m1/s1. The fourth-order valence-corrected chi connectivity index (χ4v) is 4.03. The number of amides is 2. The molecule has 0 aliphatic carbocycles. The summed E-state index contributed by atoms with van der Waals surface area (Å²) < 4.78 is 0. The van der Waals surface area contributed by atoms with Gasteiger partial charge in [-0.05, 0) is 49.4 Å². The minimum atomic E-state index is -0.120. The maximum Gasteiger partial charge on any atom is 0.227 e. The molecule has 5 heteroatoms. The number of carbonyl (C=O) groups is 2. The van der Waals surface area contributed by atoms with Crippen molar-refractivity contribution in [3.63, 3.8) is 0 Å². The molecule has 0 bridgehead atoms. The number of aromatic nitrogens is 1. The smallest absolute Gasteiger partial charge is 0.227 e. The first-order valence-electron chi connectivity index (χ1n) is 9.04. The fraction of sp³-hybridized carbons (Fsp3) is 0.400. The molecule has 4 rings (SSSR count). The average molecular weight is 337 g/mol. The molecular weight excluding hydrogens is 314 g/mol. The summed E-state index contributed by atoms with van der Waals surface area (Å²) in [6, 6.07) is 12.1. The van der Waals surface area contributed by atoms with E-state index in [1.807, 2.05) is 47.5 Å².